The van der Waals surface area contributed by atoms with Gasteiger partial charge < -0.3 is 5.32 Å². The van der Waals surface area contributed by atoms with E-state index in [0.717, 1.165) is 39.0 Å². The molecule has 2 nitrogen and oxygen atoms in total. The number of nitrogens with one attached hydrogen (secondary N) is 1. The number of piperazine rings is 1. The lowest BCUT2D eigenvalue weighted by Gasteiger charge is -2.39. The highest BCUT2D eigenvalue weighted by Crippen LogP contribution is 2.43. The van der Waals surface area contributed by atoms with E-state index in [1.165, 1.54) is 12.8 Å². The maximum atomic E-state index is 14.7. The Hall–Kier alpha value is 0.230. The summed E-state index contributed by atoms with van der Waals surface area (Å²) in [6, 6.07) is 3.33. The molecule has 1 aliphatic heterocycles. The van der Waals surface area contributed by atoms with Crippen LogP contribution in [-0.4, -0.2) is 31.1 Å². The molecule has 1 aromatic carbocycles. The molecule has 2 fully saturated rings. The summed E-state index contributed by atoms with van der Waals surface area (Å²) in [5.74, 6) is 0.146. The average molecular weight is 404 g/mol. The minimum atomic E-state index is -0.334. The minimum absolute atomic E-state index is 0. The number of hydrogen-bond acceptors (Lipinski definition) is 2. The second kappa shape index (κ2) is 9.65. The zero-order valence-corrected chi connectivity index (χ0v) is 16.0. The highest BCUT2D eigenvalue weighted by molar-refractivity contribution is 6.33. The first-order valence-corrected chi connectivity index (χ1v) is 8.52. The van der Waals surface area contributed by atoms with E-state index in [4.69, 9.17) is 23.2 Å². The lowest BCUT2D eigenvalue weighted by molar-refractivity contribution is 0.122. The SMILES string of the molecule is Cl.Cl.Fc1c(Cl)ccc(Cl)c1[C@H](C1CCCC1)N1CCNCC1. The molecule has 0 unspecified atom stereocenters. The predicted molar refractivity (Wildman–Crippen MR) is 100 cm³/mol. The topological polar surface area (TPSA) is 15.3 Å². The first-order chi connectivity index (χ1) is 10.2. The van der Waals surface area contributed by atoms with Gasteiger partial charge in [0.15, 0.2) is 0 Å². The Morgan fingerprint density at radius 1 is 1.04 bits per heavy atom. The summed E-state index contributed by atoms with van der Waals surface area (Å²) in [6.45, 7) is 3.76. The Kier molecular flexibility index (Phi) is 8.92. The van der Waals surface area contributed by atoms with Crippen LogP contribution in [-0.2, 0) is 0 Å². The Labute approximate surface area is 159 Å². The fourth-order valence-electron chi connectivity index (χ4n) is 3.76. The van der Waals surface area contributed by atoms with Gasteiger partial charge in [0.25, 0.3) is 0 Å². The molecule has 0 spiro atoms. The molecule has 2 aliphatic rings. The first kappa shape index (κ1) is 21.3. The normalized spacial score (nSPS) is 20.7. The van der Waals surface area contributed by atoms with Crippen LogP contribution in [0.4, 0.5) is 4.39 Å². The van der Waals surface area contributed by atoms with E-state index in [9.17, 15) is 4.39 Å². The second-order valence-corrected chi connectivity index (χ2v) is 6.85. The van der Waals surface area contributed by atoms with Crippen LogP contribution in [0, 0.1) is 11.7 Å². The van der Waals surface area contributed by atoms with E-state index in [2.05, 4.69) is 10.2 Å². The molecule has 0 bridgehead atoms. The van der Waals surface area contributed by atoms with Crippen LogP contribution in [0.15, 0.2) is 12.1 Å². The van der Waals surface area contributed by atoms with Gasteiger partial charge in [-0.1, -0.05) is 36.0 Å². The Bertz CT molecular complexity index is 503. The molecular formula is C16H23Cl4FN2. The molecule has 1 atom stereocenters. The van der Waals surface area contributed by atoms with Crippen molar-refractivity contribution >= 4 is 48.0 Å². The van der Waals surface area contributed by atoms with Crippen LogP contribution in [0.3, 0.4) is 0 Å². The molecule has 1 heterocycles. The van der Waals surface area contributed by atoms with Crippen molar-refractivity contribution in [3.05, 3.63) is 33.6 Å². The van der Waals surface area contributed by atoms with Gasteiger partial charge in [0.1, 0.15) is 5.82 Å². The molecule has 3 rings (SSSR count). The number of benzene rings is 1. The van der Waals surface area contributed by atoms with Crippen molar-refractivity contribution in [3.8, 4) is 0 Å². The van der Waals surface area contributed by atoms with Crippen LogP contribution < -0.4 is 5.32 Å². The monoisotopic (exact) mass is 402 g/mol. The summed E-state index contributed by atoms with van der Waals surface area (Å²) in [5.41, 5.74) is 0.609. The van der Waals surface area contributed by atoms with Gasteiger partial charge in [-0.05, 0) is 30.9 Å². The van der Waals surface area contributed by atoms with Gasteiger partial charge in [-0.3, -0.25) is 4.90 Å². The quantitative estimate of drug-likeness (QED) is 0.705. The standard InChI is InChI=1S/C16H21Cl2FN2.2ClH/c17-12-5-6-13(18)15(19)14(12)16(11-3-1-2-4-11)21-9-7-20-8-10-21;;/h5-6,11,16,20H,1-4,7-10H2;2*1H/t16-;;/m0../s1. The molecule has 23 heavy (non-hydrogen) atoms. The van der Waals surface area contributed by atoms with E-state index in [-0.39, 0.29) is 41.7 Å². The summed E-state index contributed by atoms with van der Waals surface area (Å²) in [5, 5.41) is 4.04. The fraction of sp³-hybridized carbons (Fsp3) is 0.625. The molecule has 1 N–H and O–H groups in total. The van der Waals surface area contributed by atoms with Crippen molar-refractivity contribution in [1.29, 1.82) is 0 Å². The van der Waals surface area contributed by atoms with Gasteiger partial charge in [0, 0.05) is 42.8 Å². The third-order valence-corrected chi connectivity index (χ3v) is 5.39. The number of hydrogen-bond donors (Lipinski definition) is 1. The molecule has 7 heteroatoms. The molecular weight excluding hydrogens is 381 g/mol. The summed E-state index contributed by atoms with van der Waals surface area (Å²) in [7, 11) is 0. The maximum Gasteiger partial charge on any atom is 0.148 e. The van der Waals surface area contributed by atoms with Crippen LogP contribution >= 0.6 is 48.0 Å². The average Bonchev–Trinajstić information content (AvgIpc) is 3.02. The predicted octanol–water partition coefficient (Wildman–Crippen LogP) is 5.11. The zero-order valence-electron chi connectivity index (χ0n) is 12.9. The van der Waals surface area contributed by atoms with E-state index >= 15 is 0 Å². The van der Waals surface area contributed by atoms with Crippen LogP contribution in [0.5, 0.6) is 0 Å². The van der Waals surface area contributed by atoms with Gasteiger partial charge in [-0.25, -0.2) is 4.39 Å². The third kappa shape index (κ3) is 4.65. The van der Waals surface area contributed by atoms with Crippen molar-refractivity contribution < 1.29 is 4.39 Å². The molecule has 1 saturated carbocycles. The summed E-state index contributed by atoms with van der Waals surface area (Å²) in [6.07, 6.45) is 4.76. The maximum absolute atomic E-state index is 14.7. The van der Waals surface area contributed by atoms with Crippen LogP contribution in [0.1, 0.15) is 37.3 Å². The van der Waals surface area contributed by atoms with Gasteiger partial charge in [0.2, 0.25) is 0 Å². The summed E-state index contributed by atoms with van der Waals surface area (Å²) >= 11 is 12.4. The van der Waals surface area contributed by atoms with Crippen LogP contribution in [0.2, 0.25) is 10.0 Å². The highest BCUT2D eigenvalue weighted by atomic mass is 35.5. The second-order valence-electron chi connectivity index (χ2n) is 6.03. The molecule has 1 aliphatic carbocycles. The van der Waals surface area contributed by atoms with Gasteiger partial charge in [-0.15, -0.1) is 24.8 Å². The molecule has 0 amide bonds. The van der Waals surface area contributed by atoms with Crippen molar-refractivity contribution in [3.63, 3.8) is 0 Å². The zero-order chi connectivity index (χ0) is 14.8. The lowest BCUT2D eigenvalue weighted by Crippen LogP contribution is -2.47. The largest absolute Gasteiger partial charge is 0.314 e. The van der Waals surface area contributed by atoms with Gasteiger partial charge in [0.05, 0.1) is 5.02 Å². The van der Waals surface area contributed by atoms with Crippen molar-refractivity contribution in [1.82, 2.24) is 10.2 Å². The molecule has 0 aromatic heterocycles. The van der Waals surface area contributed by atoms with Crippen LogP contribution in [0.25, 0.3) is 0 Å². The molecule has 1 aromatic rings. The van der Waals surface area contributed by atoms with Gasteiger partial charge in [-0.2, -0.15) is 0 Å². The lowest BCUT2D eigenvalue weighted by atomic mass is 9.89. The Balaban J connectivity index is 0.00000132. The first-order valence-electron chi connectivity index (χ1n) is 7.76. The highest BCUT2D eigenvalue weighted by Gasteiger charge is 2.35. The summed E-state index contributed by atoms with van der Waals surface area (Å²) in [4.78, 5) is 2.38. The number of nitrogens with zero attached hydrogens (tertiary/aromatic N) is 1. The van der Waals surface area contributed by atoms with Gasteiger partial charge >= 0.3 is 0 Å². The Morgan fingerprint density at radius 2 is 1.61 bits per heavy atom. The minimum Gasteiger partial charge on any atom is -0.314 e. The number of rotatable bonds is 3. The van der Waals surface area contributed by atoms with Crippen molar-refractivity contribution in [2.75, 3.05) is 26.2 Å². The van der Waals surface area contributed by atoms with E-state index in [0.29, 0.717) is 16.5 Å². The molecule has 0 radical (unpaired) electrons. The molecule has 1 saturated heterocycles. The van der Waals surface area contributed by atoms with E-state index in [1.54, 1.807) is 12.1 Å². The number of halogens is 5. The molecule has 132 valence electrons. The Morgan fingerprint density at radius 3 is 2.22 bits per heavy atom. The third-order valence-electron chi connectivity index (χ3n) is 4.77. The van der Waals surface area contributed by atoms with Crippen molar-refractivity contribution in [2.45, 2.75) is 31.7 Å². The fourth-order valence-corrected chi connectivity index (χ4v) is 4.19. The van der Waals surface area contributed by atoms with Crippen molar-refractivity contribution in [2.24, 2.45) is 5.92 Å². The summed E-state index contributed by atoms with van der Waals surface area (Å²) < 4.78 is 14.7. The van der Waals surface area contributed by atoms with E-state index in [1.807, 2.05) is 0 Å². The smallest absolute Gasteiger partial charge is 0.148 e. The van der Waals surface area contributed by atoms with E-state index < -0.39 is 0 Å².